The summed E-state index contributed by atoms with van der Waals surface area (Å²) >= 11 is 0. The van der Waals surface area contributed by atoms with Crippen molar-refractivity contribution in [3.8, 4) is 5.75 Å². The van der Waals surface area contributed by atoms with E-state index in [1.807, 2.05) is 13.0 Å². The Bertz CT molecular complexity index is 1180. The molecule has 1 aromatic heterocycles. The van der Waals surface area contributed by atoms with E-state index in [1.165, 1.54) is 12.8 Å². The van der Waals surface area contributed by atoms with Gasteiger partial charge in [0.25, 0.3) is 5.91 Å². The Hall–Kier alpha value is -3.40. The molecule has 1 aliphatic carbocycles. The topological polar surface area (TPSA) is 103 Å². The molecule has 0 radical (unpaired) electrons. The van der Waals surface area contributed by atoms with Gasteiger partial charge in [-0.25, -0.2) is 4.98 Å². The maximum Gasteiger partial charge on any atom is 0.251 e. The van der Waals surface area contributed by atoms with Gasteiger partial charge < -0.3 is 30.1 Å². The SMILES string of the molecule is COc1cc(C(=O)NC2CCN(C)CC2)ccc1Nc1ncc2c(n1)N(C1CCCC1)CC(C)C(=O)N2C. The highest BCUT2D eigenvalue weighted by atomic mass is 16.5. The van der Waals surface area contributed by atoms with Crippen molar-refractivity contribution in [3.63, 3.8) is 0 Å². The number of benzene rings is 1. The molecule has 2 fully saturated rings. The van der Waals surface area contributed by atoms with Crippen molar-refractivity contribution in [2.45, 2.75) is 57.5 Å². The number of nitrogens with zero attached hydrogens (tertiary/aromatic N) is 5. The molecule has 2 N–H and O–H groups in total. The lowest BCUT2D eigenvalue weighted by atomic mass is 10.0. The lowest BCUT2D eigenvalue weighted by molar-refractivity contribution is -0.121. The molecule has 0 spiro atoms. The van der Waals surface area contributed by atoms with E-state index in [0.717, 1.165) is 50.3 Å². The van der Waals surface area contributed by atoms with E-state index in [2.05, 4.69) is 32.5 Å². The highest BCUT2D eigenvalue weighted by Gasteiger charge is 2.35. The monoisotopic (exact) mass is 521 g/mol. The smallest absolute Gasteiger partial charge is 0.251 e. The predicted octanol–water partition coefficient (Wildman–Crippen LogP) is 3.41. The first kappa shape index (κ1) is 26.2. The Kier molecular flexibility index (Phi) is 7.69. The molecule has 2 aliphatic heterocycles. The minimum atomic E-state index is -0.125. The van der Waals surface area contributed by atoms with E-state index in [9.17, 15) is 9.59 Å². The molecule has 10 nitrogen and oxygen atoms in total. The van der Waals surface area contributed by atoms with Crippen molar-refractivity contribution < 1.29 is 14.3 Å². The summed E-state index contributed by atoms with van der Waals surface area (Å²) in [6, 6.07) is 5.91. The van der Waals surface area contributed by atoms with Crippen molar-refractivity contribution in [1.82, 2.24) is 20.2 Å². The highest BCUT2D eigenvalue weighted by molar-refractivity contribution is 5.99. The molecule has 1 saturated carbocycles. The van der Waals surface area contributed by atoms with Crippen LogP contribution in [0.4, 0.5) is 23.1 Å². The third-order valence-corrected chi connectivity index (χ3v) is 8.14. The van der Waals surface area contributed by atoms with Crippen molar-refractivity contribution in [2.75, 3.05) is 56.0 Å². The van der Waals surface area contributed by atoms with Crippen LogP contribution in [0.2, 0.25) is 0 Å². The zero-order valence-corrected chi connectivity index (χ0v) is 22.9. The number of rotatable bonds is 6. The van der Waals surface area contributed by atoms with Crippen molar-refractivity contribution in [3.05, 3.63) is 30.0 Å². The van der Waals surface area contributed by atoms with Crippen LogP contribution in [0.15, 0.2) is 24.4 Å². The second kappa shape index (κ2) is 11.1. The maximum atomic E-state index is 12.9. The first-order valence-electron chi connectivity index (χ1n) is 13.7. The minimum Gasteiger partial charge on any atom is -0.495 e. The molecule has 5 rings (SSSR count). The Labute approximate surface area is 224 Å². The zero-order chi connectivity index (χ0) is 26.8. The average molecular weight is 522 g/mol. The minimum absolute atomic E-state index is 0.0758. The number of amides is 2. The van der Waals surface area contributed by atoms with Gasteiger partial charge >= 0.3 is 0 Å². The van der Waals surface area contributed by atoms with Crippen molar-refractivity contribution >= 4 is 35.0 Å². The lowest BCUT2D eigenvalue weighted by Gasteiger charge is -2.31. The van der Waals surface area contributed by atoms with Crippen LogP contribution in [-0.4, -0.2) is 79.6 Å². The number of carbonyl (C=O) groups is 2. The van der Waals surface area contributed by atoms with Crippen LogP contribution in [0.5, 0.6) is 5.75 Å². The number of hydrogen-bond donors (Lipinski definition) is 2. The number of aromatic nitrogens is 2. The number of fused-ring (bicyclic) bond motifs is 1. The van der Waals surface area contributed by atoms with Gasteiger partial charge in [0.05, 0.1) is 24.9 Å². The lowest BCUT2D eigenvalue weighted by Crippen LogP contribution is -2.43. The summed E-state index contributed by atoms with van der Waals surface area (Å²) in [5.74, 6) is 1.59. The Morgan fingerprint density at radius 1 is 1.11 bits per heavy atom. The van der Waals surface area contributed by atoms with Gasteiger partial charge in [-0.3, -0.25) is 9.59 Å². The van der Waals surface area contributed by atoms with Gasteiger partial charge in [0, 0.05) is 31.2 Å². The summed E-state index contributed by atoms with van der Waals surface area (Å²) in [7, 11) is 5.48. The molecule has 204 valence electrons. The number of hydrogen-bond acceptors (Lipinski definition) is 8. The standard InChI is InChI=1S/C28H39N7O3/c1-18-17-35(21-7-5-6-8-21)25-23(34(3)27(18)37)16-29-28(32-25)31-22-10-9-19(15-24(22)38-4)26(36)30-20-11-13-33(2)14-12-20/h9-10,15-16,18,20-21H,5-8,11-14,17H2,1-4H3,(H,30,36)(H,29,31,32). The van der Waals surface area contributed by atoms with Gasteiger partial charge in [-0.05, 0) is 64.0 Å². The number of ether oxygens (including phenoxy) is 1. The van der Waals surface area contributed by atoms with Crippen LogP contribution in [0.25, 0.3) is 0 Å². The first-order valence-corrected chi connectivity index (χ1v) is 13.7. The Morgan fingerprint density at radius 2 is 1.84 bits per heavy atom. The van der Waals surface area contributed by atoms with Crippen LogP contribution < -0.4 is 25.2 Å². The second-order valence-corrected chi connectivity index (χ2v) is 10.9. The fourth-order valence-corrected chi connectivity index (χ4v) is 5.80. The maximum absolute atomic E-state index is 12.9. The van der Waals surface area contributed by atoms with Gasteiger partial charge in [0.15, 0.2) is 5.82 Å². The van der Waals surface area contributed by atoms with E-state index >= 15 is 0 Å². The second-order valence-electron chi connectivity index (χ2n) is 10.9. The van der Waals surface area contributed by atoms with Crippen LogP contribution in [0, 0.1) is 5.92 Å². The molecular formula is C28H39N7O3. The number of piperidine rings is 1. The molecule has 1 unspecified atom stereocenters. The Morgan fingerprint density at radius 3 is 2.55 bits per heavy atom. The third-order valence-electron chi connectivity index (χ3n) is 8.14. The average Bonchev–Trinajstić information content (AvgIpc) is 3.44. The van der Waals surface area contributed by atoms with E-state index < -0.39 is 0 Å². The largest absolute Gasteiger partial charge is 0.495 e. The Balaban J connectivity index is 1.37. The normalized spacial score (nSPS) is 21.3. The summed E-state index contributed by atoms with van der Waals surface area (Å²) < 4.78 is 5.62. The summed E-state index contributed by atoms with van der Waals surface area (Å²) in [6.07, 6.45) is 8.22. The fraction of sp³-hybridized carbons (Fsp3) is 0.571. The molecular weight excluding hydrogens is 482 g/mol. The van der Waals surface area contributed by atoms with Gasteiger partial charge in [-0.1, -0.05) is 19.8 Å². The quantitative estimate of drug-likeness (QED) is 0.596. The van der Waals surface area contributed by atoms with E-state index in [1.54, 1.807) is 37.4 Å². The summed E-state index contributed by atoms with van der Waals surface area (Å²) in [5, 5.41) is 6.44. The molecule has 38 heavy (non-hydrogen) atoms. The molecule has 3 aliphatic rings. The summed E-state index contributed by atoms with van der Waals surface area (Å²) in [5.41, 5.74) is 1.95. The van der Waals surface area contributed by atoms with Crippen LogP contribution in [0.3, 0.4) is 0 Å². The molecule has 10 heteroatoms. The predicted molar refractivity (Wildman–Crippen MR) is 148 cm³/mol. The van der Waals surface area contributed by atoms with E-state index in [-0.39, 0.29) is 23.8 Å². The molecule has 2 amide bonds. The number of anilines is 4. The molecule has 1 atom stereocenters. The molecule has 1 saturated heterocycles. The van der Waals surface area contributed by atoms with Crippen molar-refractivity contribution in [1.29, 1.82) is 0 Å². The van der Waals surface area contributed by atoms with Gasteiger partial charge in [0.2, 0.25) is 11.9 Å². The number of nitrogens with one attached hydrogen (secondary N) is 2. The van der Waals surface area contributed by atoms with Gasteiger partial charge in [-0.15, -0.1) is 0 Å². The van der Waals surface area contributed by atoms with Crippen LogP contribution >= 0.6 is 0 Å². The molecule has 0 bridgehead atoms. The third kappa shape index (κ3) is 5.41. The molecule has 3 heterocycles. The zero-order valence-electron chi connectivity index (χ0n) is 22.9. The van der Waals surface area contributed by atoms with Crippen molar-refractivity contribution in [2.24, 2.45) is 5.92 Å². The highest BCUT2D eigenvalue weighted by Crippen LogP contribution is 2.38. The first-order chi connectivity index (χ1) is 18.3. The van der Waals surface area contributed by atoms with E-state index in [4.69, 9.17) is 9.72 Å². The van der Waals surface area contributed by atoms with Gasteiger partial charge in [0.1, 0.15) is 11.4 Å². The summed E-state index contributed by atoms with van der Waals surface area (Å²) in [6.45, 7) is 4.59. The van der Waals surface area contributed by atoms with Crippen LogP contribution in [0.1, 0.15) is 55.8 Å². The fourth-order valence-electron chi connectivity index (χ4n) is 5.80. The van der Waals surface area contributed by atoms with E-state index in [0.29, 0.717) is 35.5 Å². The van der Waals surface area contributed by atoms with Gasteiger partial charge in [-0.2, -0.15) is 4.98 Å². The number of carbonyl (C=O) groups excluding carboxylic acids is 2. The summed E-state index contributed by atoms with van der Waals surface area (Å²) in [4.78, 5) is 41.5. The number of methoxy groups -OCH3 is 1. The molecule has 1 aromatic carbocycles. The molecule has 2 aromatic rings. The van der Waals surface area contributed by atoms with Crippen LogP contribution in [-0.2, 0) is 4.79 Å². The number of likely N-dealkylation sites (tertiary alicyclic amines) is 1.